The maximum absolute atomic E-state index is 16.1. The van der Waals surface area contributed by atoms with Gasteiger partial charge in [0.15, 0.2) is 5.82 Å². The third-order valence-electron chi connectivity index (χ3n) is 7.16. The van der Waals surface area contributed by atoms with Crippen molar-refractivity contribution in [3.63, 3.8) is 0 Å². The van der Waals surface area contributed by atoms with Crippen LogP contribution in [0.3, 0.4) is 0 Å². The van der Waals surface area contributed by atoms with Gasteiger partial charge in [-0.25, -0.2) is 4.39 Å². The molecule has 170 valence electrons. The van der Waals surface area contributed by atoms with Crippen LogP contribution in [0.5, 0.6) is 6.01 Å². The molecule has 2 aromatic carbocycles. The summed E-state index contributed by atoms with van der Waals surface area (Å²) in [7, 11) is 1.50. The molecule has 1 spiro atoms. The Hall–Kier alpha value is -3.76. The van der Waals surface area contributed by atoms with Crippen molar-refractivity contribution in [1.29, 1.82) is 0 Å². The molecule has 1 N–H and O–H groups in total. The Morgan fingerprint density at radius 2 is 1.88 bits per heavy atom. The lowest BCUT2D eigenvalue weighted by atomic mass is 9.72. The van der Waals surface area contributed by atoms with Crippen molar-refractivity contribution >= 4 is 27.5 Å². The van der Waals surface area contributed by atoms with Gasteiger partial charge in [-0.1, -0.05) is 36.3 Å². The van der Waals surface area contributed by atoms with Crippen LogP contribution in [0.4, 0.5) is 10.2 Å². The molecule has 2 aliphatic rings. The van der Waals surface area contributed by atoms with E-state index in [-0.39, 0.29) is 17.2 Å². The Morgan fingerprint density at radius 1 is 1.12 bits per heavy atom. The topological polar surface area (TPSA) is 63.2 Å². The predicted molar refractivity (Wildman–Crippen MR) is 131 cm³/mol. The molecule has 7 heteroatoms. The molecular formula is C27H24FN5O. The van der Waals surface area contributed by atoms with Crippen LogP contribution in [0, 0.1) is 23.6 Å². The maximum Gasteiger partial charge on any atom is 0.318 e. The number of methoxy groups -OCH3 is 1. The molecule has 6 nitrogen and oxygen atoms in total. The highest BCUT2D eigenvalue weighted by Gasteiger charge is 2.44. The lowest BCUT2D eigenvalue weighted by Crippen LogP contribution is -2.60. The summed E-state index contributed by atoms with van der Waals surface area (Å²) < 4.78 is 21.4. The fourth-order valence-corrected chi connectivity index (χ4v) is 5.39. The van der Waals surface area contributed by atoms with Crippen LogP contribution in [-0.2, 0) is 0 Å². The molecule has 0 bridgehead atoms. The van der Waals surface area contributed by atoms with Gasteiger partial charge in [-0.15, -0.1) is 6.42 Å². The van der Waals surface area contributed by atoms with Crippen molar-refractivity contribution in [1.82, 2.24) is 20.3 Å². The van der Waals surface area contributed by atoms with Gasteiger partial charge in [0, 0.05) is 41.2 Å². The Labute approximate surface area is 197 Å². The zero-order valence-electron chi connectivity index (χ0n) is 18.9. The van der Waals surface area contributed by atoms with E-state index < -0.39 is 5.82 Å². The first kappa shape index (κ1) is 20.8. The molecular weight excluding hydrogens is 429 g/mol. The molecule has 0 saturated carbocycles. The van der Waals surface area contributed by atoms with Crippen molar-refractivity contribution in [2.45, 2.75) is 12.8 Å². The summed E-state index contributed by atoms with van der Waals surface area (Å²) in [6, 6.07) is 11.5. The summed E-state index contributed by atoms with van der Waals surface area (Å²) in [5.74, 6) is 2.88. The number of aromatic nitrogens is 3. The van der Waals surface area contributed by atoms with Gasteiger partial charge in [0.2, 0.25) is 0 Å². The standard InChI is InChI=1S/C27H24FN5O/c1-3-17-6-4-7-18-8-5-9-19(21(17)18)23-22(28)24-20(14-30-23)25(32-26(31-24)34-2)33-15-27(16-33)10-12-29-13-11-27/h1,4-9,14,29H,10-13,15-16H2,2H3. The lowest BCUT2D eigenvalue weighted by Gasteiger charge is -2.53. The first-order valence-corrected chi connectivity index (χ1v) is 11.5. The molecule has 2 saturated heterocycles. The molecule has 2 aliphatic heterocycles. The predicted octanol–water partition coefficient (Wildman–Crippen LogP) is 4.16. The van der Waals surface area contributed by atoms with Crippen LogP contribution in [0.1, 0.15) is 18.4 Å². The lowest BCUT2D eigenvalue weighted by molar-refractivity contribution is 0.149. The zero-order chi connectivity index (χ0) is 23.3. The number of benzene rings is 2. The normalized spacial score (nSPS) is 17.0. The number of piperidine rings is 1. The molecule has 2 fully saturated rings. The monoisotopic (exact) mass is 453 g/mol. The fraction of sp³-hybridized carbons (Fsp3) is 0.296. The van der Waals surface area contributed by atoms with E-state index in [1.807, 2.05) is 36.4 Å². The minimum absolute atomic E-state index is 0.145. The van der Waals surface area contributed by atoms with Crippen LogP contribution in [0.2, 0.25) is 0 Å². The van der Waals surface area contributed by atoms with Gasteiger partial charge in [-0.3, -0.25) is 4.98 Å². The summed E-state index contributed by atoms with van der Waals surface area (Å²) in [4.78, 5) is 15.7. The van der Waals surface area contributed by atoms with E-state index in [9.17, 15) is 0 Å². The quantitative estimate of drug-likeness (QED) is 0.470. The molecule has 0 radical (unpaired) electrons. The molecule has 0 unspecified atom stereocenters. The van der Waals surface area contributed by atoms with E-state index in [0.717, 1.165) is 49.8 Å². The van der Waals surface area contributed by atoms with E-state index in [0.29, 0.717) is 27.7 Å². The number of anilines is 1. The number of nitrogens with one attached hydrogen (secondary N) is 1. The van der Waals surface area contributed by atoms with E-state index in [2.05, 4.69) is 31.1 Å². The second-order valence-electron chi connectivity index (χ2n) is 9.18. The van der Waals surface area contributed by atoms with Crippen LogP contribution in [-0.4, -0.2) is 48.2 Å². The van der Waals surface area contributed by atoms with Crippen molar-refractivity contribution in [2.75, 3.05) is 38.2 Å². The highest BCUT2D eigenvalue weighted by atomic mass is 19.1. The van der Waals surface area contributed by atoms with E-state index in [4.69, 9.17) is 11.2 Å². The van der Waals surface area contributed by atoms with Crippen molar-refractivity contribution < 1.29 is 9.13 Å². The van der Waals surface area contributed by atoms with E-state index in [1.54, 1.807) is 6.20 Å². The molecule has 0 amide bonds. The number of ether oxygens (including phenoxy) is 1. The Balaban J connectivity index is 1.50. The van der Waals surface area contributed by atoms with Crippen molar-refractivity contribution in [3.05, 3.63) is 54.0 Å². The molecule has 4 aromatic rings. The fourth-order valence-electron chi connectivity index (χ4n) is 5.39. The smallest absolute Gasteiger partial charge is 0.318 e. The second-order valence-corrected chi connectivity index (χ2v) is 9.18. The van der Waals surface area contributed by atoms with Gasteiger partial charge in [-0.2, -0.15) is 9.97 Å². The number of pyridine rings is 1. The SMILES string of the molecule is C#Cc1cccc2cccc(-c3ncc4c(N5CC6(CCNCC6)C5)nc(OC)nc4c3F)c12. The van der Waals surface area contributed by atoms with Crippen LogP contribution >= 0.6 is 0 Å². The largest absolute Gasteiger partial charge is 0.467 e. The molecule has 0 aliphatic carbocycles. The third-order valence-corrected chi connectivity index (χ3v) is 7.16. The molecule has 2 aromatic heterocycles. The number of nitrogens with zero attached hydrogens (tertiary/aromatic N) is 4. The molecule has 4 heterocycles. The van der Waals surface area contributed by atoms with Crippen molar-refractivity contribution in [2.24, 2.45) is 5.41 Å². The van der Waals surface area contributed by atoms with Gasteiger partial charge in [-0.05, 0) is 37.4 Å². The van der Waals surface area contributed by atoms with Gasteiger partial charge in [0.25, 0.3) is 0 Å². The summed E-state index contributed by atoms with van der Waals surface area (Å²) in [6.07, 6.45) is 9.70. The third kappa shape index (κ3) is 3.17. The summed E-state index contributed by atoms with van der Waals surface area (Å²) in [5, 5.41) is 5.75. The van der Waals surface area contributed by atoms with Gasteiger partial charge < -0.3 is 15.0 Å². The average molecular weight is 454 g/mol. The number of hydrogen-bond donors (Lipinski definition) is 1. The zero-order valence-corrected chi connectivity index (χ0v) is 18.9. The van der Waals surface area contributed by atoms with Crippen molar-refractivity contribution in [3.8, 4) is 29.6 Å². The van der Waals surface area contributed by atoms with Gasteiger partial charge >= 0.3 is 6.01 Å². The van der Waals surface area contributed by atoms with E-state index >= 15 is 4.39 Å². The highest BCUT2D eigenvalue weighted by Crippen LogP contribution is 2.43. The molecule has 0 atom stereocenters. The Kier molecular flexibility index (Phi) is 4.85. The number of rotatable bonds is 3. The van der Waals surface area contributed by atoms with Crippen LogP contribution in [0.25, 0.3) is 32.9 Å². The number of fused-ring (bicyclic) bond motifs is 2. The molecule has 6 rings (SSSR count). The van der Waals surface area contributed by atoms with Gasteiger partial charge in [0.05, 0.1) is 12.5 Å². The highest BCUT2D eigenvalue weighted by molar-refractivity contribution is 6.02. The minimum atomic E-state index is -0.504. The van der Waals surface area contributed by atoms with Crippen LogP contribution in [0.15, 0.2) is 42.6 Å². The van der Waals surface area contributed by atoms with Gasteiger partial charge in [0.1, 0.15) is 17.0 Å². The number of halogens is 1. The average Bonchev–Trinajstić information content (AvgIpc) is 2.87. The number of terminal acetylenes is 1. The summed E-state index contributed by atoms with van der Waals surface area (Å²) in [6.45, 7) is 3.85. The molecule has 34 heavy (non-hydrogen) atoms. The Morgan fingerprint density at radius 3 is 2.62 bits per heavy atom. The first-order valence-electron chi connectivity index (χ1n) is 11.5. The minimum Gasteiger partial charge on any atom is -0.467 e. The summed E-state index contributed by atoms with van der Waals surface area (Å²) in [5.41, 5.74) is 2.06. The van der Waals surface area contributed by atoms with Crippen LogP contribution < -0.4 is 15.0 Å². The van der Waals surface area contributed by atoms with E-state index in [1.165, 1.54) is 7.11 Å². The first-order chi connectivity index (χ1) is 16.6. The maximum atomic E-state index is 16.1. The number of hydrogen-bond acceptors (Lipinski definition) is 6. The Bertz CT molecular complexity index is 1460. The second kappa shape index (κ2) is 7.93. The summed E-state index contributed by atoms with van der Waals surface area (Å²) >= 11 is 0.